The van der Waals surface area contributed by atoms with Crippen LogP contribution in [0.15, 0.2) is 229 Å². The van der Waals surface area contributed by atoms with Gasteiger partial charge in [-0.2, -0.15) is 0 Å². The van der Waals surface area contributed by atoms with Crippen molar-refractivity contribution in [3.63, 3.8) is 0 Å². The minimum Gasteiger partial charge on any atom is -0.456 e. The molecule has 11 rings (SSSR count). The van der Waals surface area contributed by atoms with Gasteiger partial charge in [0.1, 0.15) is 11.2 Å². The van der Waals surface area contributed by atoms with Crippen molar-refractivity contribution >= 4 is 105 Å². The Bertz CT molecular complexity index is 2940. The van der Waals surface area contributed by atoms with Crippen LogP contribution in [0.3, 0.4) is 0 Å². The predicted molar refractivity (Wildman–Crippen MR) is 251 cm³/mol. The summed E-state index contributed by atoms with van der Waals surface area (Å²) in [6.45, 7) is 0. The molecule has 59 heavy (non-hydrogen) atoms. The highest BCUT2D eigenvalue weighted by atomic mass is 32.1. The summed E-state index contributed by atoms with van der Waals surface area (Å²) < 4.78 is 9.01. The highest BCUT2D eigenvalue weighted by Gasteiger charge is 2.20. The Morgan fingerprint density at radius 3 is 0.847 bits per heavy atom. The van der Waals surface area contributed by atoms with Gasteiger partial charge in [0.15, 0.2) is 0 Å². The lowest BCUT2D eigenvalue weighted by atomic mass is 10.1. The van der Waals surface area contributed by atoms with E-state index in [2.05, 4.69) is 239 Å². The van der Waals surface area contributed by atoms with Crippen LogP contribution in [0.5, 0.6) is 0 Å². The van der Waals surface area contributed by atoms with Gasteiger partial charge < -0.3 is 19.1 Å². The monoisotopic (exact) mass is 775 g/mol. The summed E-state index contributed by atoms with van der Waals surface area (Å²) in [6, 6.07) is 79.7. The van der Waals surface area contributed by atoms with E-state index >= 15 is 0 Å². The van der Waals surface area contributed by atoms with Gasteiger partial charge >= 0.3 is 0 Å². The summed E-state index contributed by atoms with van der Waals surface area (Å²) >= 11 is 1.84. The fourth-order valence-electron chi connectivity index (χ4n) is 8.29. The molecule has 0 saturated carbocycles. The van der Waals surface area contributed by atoms with Crippen molar-refractivity contribution in [1.29, 1.82) is 0 Å². The van der Waals surface area contributed by atoms with Gasteiger partial charge in [-0.1, -0.05) is 91.0 Å². The van der Waals surface area contributed by atoms with Crippen molar-refractivity contribution in [1.82, 2.24) is 0 Å². The first kappa shape index (κ1) is 34.6. The third-order valence-electron chi connectivity index (χ3n) is 11.0. The van der Waals surface area contributed by atoms with Crippen LogP contribution in [0, 0.1) is 0 Å². The molecule has 0 spiro atoms. The zero-order valence-corrected chi connectivity index (χ0v) is 32.8. The molecular weight excluding hydrogens is 739 g/mol. The number of para-hydroxylation sites is 5. The molecule has 5 heteroatoms. The van der Waals surface area contributed by atoms with E-state index in [0.717, 1.165) is 73.1 Å². The lowest BCUT2D eigenvalue weighted by Crippen LogP contribution is -2.10. The third-order valence-corrected chi connectivity index (χ3v) is 12.1. The van der Waals surface area contributed by atoms with Crippen LogP contribution in [0.25, 0.3) is 42.1 Å². The van der Waals surface area contributed by atoms with Crippen LogP contribution in [-0.4, -0.2) is 0 Å². The second-order valence-electron chi connectivity index (χ2n) is 14.6. The first-order valence-corrected chi connectivity index (χ1v) is 20.7. The van der Waals surface area contributed by atoms with Crippen LogP contribution >= 0.6 is 11.3 Å². The van der Waals surface area contributed by atoms with E-state index in [1.54, 1.807) is 0 Å². The molecule has 280 valence electrons. The predicted octanol–water partition coefficient (Wildman–Crippen LogP) is 16.4. The average molecular weight is 776 g/mol. The number of furan rings is 1. The maximum Gasteiger partial charge on any atom is 0.135 e. The maximum absolute atomic E-state index is 6.49. The molecule has 0 atom stereocenters. The number of anilines is 9. The summed E-state index contributed by atoms with van der Waals surface area (Å²) in [5.74, 6) is 0. The van der Waals surface area contributed by atoms with Crippen molar-refractivity contribution in [2.24, 2.45) is 0 Å². The van der Waals surface area contributed by atoms with E-state index in [1.165, 1.54) is 20.2 Å². The van der Waals surface area contributed by atoms with Crippen LogP contribution in [0.2, 0.25) is 0 Å². The molecule has 9 aromatic carbocycles. The van der Waals surface area contributed by atoms with Gasteiger partial charge in [0.2, 0.25) is 0 Å². The molecular formula is C54H37N3OS. The summed E-state index contributed by atoms with van der Waals surface area (Å²) in [4.78, 5) is 6.98. The van der Waals surface area contributed by atoms with E-state index in [0.29, 0.717) is 0 Å². The molecule has 4 nitrogen and oxygen atoms in total. The Labute approximate surface area is 346 Å². The fraction of sp³-hybridized carbons (Fsp3) is 0. The van der Waals surface area contributed by atoms with E-state index in [1.807, 2.05) is 11.3 Å². The van der Waals surface area contributed by atoms with Gasteiger partial charge in [-0.15, -0.1) is 11.3 Å². The van der Waals surface area contributed by atoms with Crippen LogP contribution in [0.4, 0.5) is 51.2 Å². The lowest BCUT2D eigenvalue weighted by molar-refractivity contribution is 0.669. The van der Waals surface area contributed by atoms with Crippen molar-refractivity contribution in [2.45, 2.75) is 0 Å². The highest BCUT2D eigenvalue weighted by Crippen LogP contribution is 2.45. The smallest absolute Gasteiger partial charge is 0.135 e. The first-order valence-electron chi connectivity index (χ1n) is 19.8. The summed E-state index contributed by atoms with van der Waals surface area (Å²) in [6.07, 6.45) is 0. The van der Waals surface area contributed by atoms with Crippen molar-refractivity contribution in [3.05, 3.63) is 224 Å². The van der Waals surface area contributed by atoms with Crippen molar-refractivity contribution in [2.75, 3.05) is 14.7 Å². The third kappa shape index (κ3) is 6.35. The highest BCUT2D eigenvalue weighted by molar-refractivity contribution is 7.25. The van der Waals surface area contributed by atoms with Gasteiger partial charge in [0.05, 0.1) is 0 Å². The Hall–Kier alpha value is -7.60. The molecule has 0 N–H and O–H groups in total. The van der Waals surface area contributed by atoms with Crippen LogP contribution in [0.1, 0.15) is 0 Å². The summed E-state index contributed by atoms with van der Waals surface area (Å²) in [5.41, 5.74) is 11.6. The number of fused-ring (bicyclic) bond motifs is 6. The van der Waals surface area contributed by atoms with Gasteiger partial charge in [0.25, 0.3) is 0 Å². The minimum absolute atomic E-state index is 0.855. The molecule has 2 heterocycles. The maximum atomic E-state index is 6.49. The Morgan fingerprint density at radius 2 is 0.525 bits per heavy atom. The molecule has 0 aliphatic carbocycles. The zero-order valence-electron chi connectivity index (χ0n) is 32.0. The number of hydrogen-bond acceptors (Lipinski definition) is 5. The van der Waals surface area contributed by atoms with E-state index < -0.39 is 0 Å². The molecule has 0 aliphatic rings. The fourth-order valence-corrected chi connectivity index (χ4v) is 9.36. The standard InChI is InChI=1S/C54H37N3OS/c1-6-16-38(17-7-1)55(39-18-8-2-9-19-39)43-26-30-51-47(34-43)48-35-44(27-31-52(48)58-51)57(42-24-14-5-15-25-42)46-29-33-54-50(37-46)49-36-45(28-32-53(49)59-54)56(40-20-10-3-11-21-40)41-22-12-4-13-23-41/h1-37H. The Balaban J connectivity index is 1.05. The van der Waals surface area contributed by atoms with Gasteiger partial charge in [-0.3, -0.25) is 0 Å². The van der Waals surface area contributed by atoms with Gasteiger partial charge in [0, 0.05) is 82.1 Å². The lowest BCUT2D eigenvalue weighted by Gasteiger charge is -2.26. The molecule has 11 aromatic rings. The topological polar surface area (TPSA) is 22.9 Å². The van der Waals surface area contributed by atoms with E-state index in [9.17, 15) is 0 Å². The molecule has 0 amide bonds. The normalized spacial score (nSPS) is 11.4. The SMILES string of the molecule is c1ccc(N(c2ccccc2)c2ccc3oc4ccc(N(c5ccccc5)c5ccc6sc7ccc(N(c8ccccc8)c8ccccc8)cc7c6c5)cc4c3c2)cc1. The van der Waals surface area contributed by atoms with Crippen molar-refractivity contribution in [3.8, 4) is 0 Å². The number of benzene rings is 9. The molecule has 0 aliphatic heterocycles. The van der Waals surface area contributed by atoms with Gasteiger partial charge in [-0.05, 0) is 133 Å². The van der Waals surface area contributed by atoms with Crippen LogP contribution < -0.4 is 14.7 Å². The molecule has 2 aromatic heterocycles. The Kier molecular flexibility index (Phi) is 8.64. The largest absolute Gasteiger partial charge is 0.456 e. The van der Waals surface area contributed by atoms with Crippen molar-refractivity contribution < 1.29 is 4.42 Å². The summed E-state index contributed by atoms with van der Waals surface area (Å²) in [5, 5.41) is 4.60. The number of rotatable bonds is 9. The number of thiophene rings is 1. The minimum atomic E-state index is 0.855. The van der Waals surface area contributed by atoms with Crippen LogP contribution in [-0.2, 0) is 0 Å². The quantitative estimate of drug-likeness (QED) is 0.146. The molecule has 0 saturated heterocycles. The number of hydrogen-bond donors (Lipinski definition) is 0. The first-order chi connectivity index (χ1) is 29.2. The summed E-state index contributed by atoms with van der Waals surface area (Å²) in [7, 11) is 0. The molecule has 0 unspecified atom stereocenters. The Morgan fingerprint density at radius 1 is 0.254 bits per heavy atom. The van der Waals surface area contributed by atoms with E-state index in [-0.39, 0.29) is 0 Å². The molecule has 0 radical (unpaired) electrons. The number of nitrogens with zero attached hydrogens (tertiary/aromatic N) is 3. The second-order valence-corrected chi connectivity index (χ2v) is 15.7. The second kappa shape index (κ2) is 14.7. The average Bonchev–Trinajstić information content (AvgIpc) is 3.86. The van der Waals surface area contributed by atoms with Gasteiger partial charge in [-0.25, -0.2) is 0 Å². The zero-order chi connectivity index (χ0) is 39.1. The molecule has 0 fully saturated rings. The molecule has 0 bridgehead atoms. The van der Waals surface area contributed by atoms with E-state index in [4.69, 9.17) is 4.42 Å².